The zero-order chi connectivity index (χ0) is 11.3. The fourth-order valence-corrected chi connectivity index (χ4v) is 1.20. The van der Waals surface area contributed by atoms with E-state index in [0.29, 0.717) is 12.2 Å². The van der Waals surface area contributed by atoms with Gasteiger partial charge in [-0.1, -0.05) is 0 Å². The molecule has 0 heterocycles. The summed E-state index contributed by atoms with van der Waals surface area (Å²) < 4.78 is 17.5. The third kappa shape index (κ3) is 3.67. The molecular formula is C11H14FNO2. The monoisotopic (exact) mass is 211 g/mol. The lowest BCUT2D eigenvalue weighted by atomic mass is 10.2. The van der Waals surface area contributed by atoms with E-state index in [2.05, 4.69) is 5.32 Å². The zero-order valence-electron chi connectivity index (χ0n) is 8.79. The molecule has 0 radical (unpaired) electrons. The van der Waals surface area contributed by atoms with Crippen molar-refractivity contribution in [3.8, 4) is 0 Å². The van der Waals surface area contributed by atoms with E-state index >= 15 is 0 Å². The number of carbonyl (C=O) groups is 1. The van der Waals surface area contributed by atoms with Gasteiger partial charge in [0.15, 0.2) is 0 Å². The molecule has 0 aliphatic heterocycles. The van der Waals surface area contributed by atoms with E-state index in [4.69, 9.17) is 4.74 Å². The average molecular weight is 211 g/mol. The third-order valence-electron chi connectivity index (χ3n) is 1.90. The molecule has 0 unspecified atom stereocenters. The second-order valence-electron chi connectivity index (χ2n) is 3.34. The molecule has 1 aromatic rings. The molecule has 0 saturated carbocycles. The minimum absolute atomic E-state index is 0.0625. The Balaban J connectivity index is 2.57. The molecule has 0 fully saturated rings. The third-order valence-corrected chi connectivity index (χ3v) is 1.90. The first kappa shape index (κ1) is 11.7. The van der Waals surface area contributed by atoms with Crippen LogP contribution in [0.25, 0.3) is 0 Å². The molecule has 1 rings (SSSR count). The van der Waals surface area contributed by atoms with Crippen LogP contribution in [0, 0.1) is 5.82 Å². The standard InChI is InChI=1S/C11H14FNO2/c1-8(7-15-2)13-11(14)9-3-5-10(12)6-4-9/h3-6,8H,7H2,1-2H3,(H,13,14)/t8-/m0/s1. The van der Waals surface area contributed by atoms with Crippen molar-refractivity contribution >= 4 is 5.91 Å². The molecule has 0 bridgehead atoms. The highest BCUT2D eigenvalue weighted by Gasteiger charge is 2.08. The summed E-state index contributed by atoms with van der Waals surface area (Å²) in [5.74, 6) is -0.573. The highest BCUT2D eigenvalue weighted by atomic mass is 19.1. The number of hydrogen-bond acceptors (Lipinski definition) is 2. The highest BCUT2D eigenvalue weighted by Crippen LogP contribution is 2.02. The Hall–Kier alpha value is -1.42. The Labute approximate surface area is 88.2 Å². The maximum absolute atomic E-state index is 12.6. The Morgan fingerprint density at radius 3 is 2.60 bits per heavy atom. The molecule has 1 amide bonds. The van der Waals surface area contributed by atoms with Crippen LogP contribution in [0.1, 0.15) is 17.3 Å². The van der Waals surface area contributed by atoms with Gasteiger partial charge in [-0.3, -0.25) is 4.79 Å². The quantitative estimate of drug-likeness (QED) is 0.821. The van der Waals surface area contributed by atoms with Gasteiger partial charge in [0.05, 0.1) is 6.61 Å². The summed E-state index contributed by atoms with van der Waals surface area (Å²) in [6, 6.07) is 5.35. The Kier molecular flexibility index (Phi) is 4.24. The predicted octanol–water partition coefficient (Wildman–Crippen LogP) is 1.59. The molecule has 1 N–H and O–H groups in total. The summed E-state index contributed by atoms with van der Waals surface area (Å²) in [4.78, 5) is 11.6. The molecule has 15 heavy (non-hydrogen) atoms. The van der Waals surface area contributed by atoms with E-state index in [-0.39, 0.29) is 17.8 Å². The second kappa shape index (κ2) is 5.46. The van der Waals surface area contributed by atoms with E-state index in [1.54, 1.807) is 7.11 Å². The van der Waals surface area contributed by atoms with E-state index in [0.717, 1.165) is 0 Å². The number of rotatable bonds is 4. The van der Waals surface area contributed by atoms with Crippen molar-refractivity contribution < 1.29 is 13.9 Å². The normalized spacial score (nSPS) is 12.2. The summed E-state index contributed by atoms with van der Waals surface area (Å²) in [7, 11) is 1.57. The highest BCUT2D eigenvalue weighted by molar-refractivity contribution is 5.94. The summed E-state index contributed by atoms with van der Waals surface area (Å²) in [6.45, 7) is 2.29. The van der Waals surface area contributed by atoms with Gasteiger partial charge >= 0.3 is 0 Å². The molecule has 1 atom stereocenters. The first-order chi connectivity index (χ1) is 7.13. The number of carbonyl (C=O) groups excluding carboxylic acids is 1. The van der Waals surface area contributed by atoms with Crippen LogP contribution in [0.3, 0.4) is 0 Å². The molecular weight excluding hydrogens is 197 g/mol. The molecule has 0 aliphatic rings. The van der Waals surface area contributed by atoms with Crippen LogP contribution < -0.4 is 5.32 Å². The lowest BCUT2D eigenvalue weighted by Gasteiger charge is -2.12. The van der Waals surface area contributed by atoms with Gasteiger partial charge in [0.1, 0.15) is 5.82 Å². The van der Waals surface area contributed by atoms with Crippen molar-refractivity contribution in [2.75, 3.05) is 13.7 Å². The predicted molar refractivity (Wildman–Crippen MR) is 55.2 cm³/mol. The van der Waals surface area contributed by atoms with E-state index in [9.17, 15) is 9.18 Å². The van der Waals surface area contributed by atoms with Crippen LogP contribution in [0.5, 0.6) is 0 Å². The van der Waals surface area contributed by atoms with Crippen LogP contribution in [0.4, 0.5) is 4.39 Å². The average Bonchev–Trinajstić information content (AvgIpc) is 2.18. The van der Waals surface area contributed by atoms with E-state index in [1.807, 2.05) is 6.92 Å². The zero-order valence-corrected chi connectivity index (χ0v) is 8.79. The fourth-order valence-electron chi connectivity index (χ4n) is 1.20. The van der Waals surface area contributed by atoms with Crippen molar-refractivity contribution in [1.29, 1.82) is 0 Å². The summed E-state index contributed by atoms with van der Waals surface area (Å²) in [5, 5.41) is 2.73. The van der Waals surface area contributed by atoms with Crippen molar-refractivity contribution in [2.45, 2.75) is 13.0 Å². The Morgan fingerprint density at radius 2 is 2.07 bits per heavy atom. The topological polar surface area (TPSA) is 38.3 Å². The van der Waals surface area contributed by atoms with Gasteiger partial charge in [0, 0.05) is 18.7 Å². The number of methoxy groups -OCH3 is 1. The fraction of sp³-hybridized carbons (Fsp3) is 0.364. The molecule has 3 nitrogen and oxygen atoms in total. The minimum atomic E-state index is -0.350. The van der Waals surface area contributed by atoms with Crippen molar-refractivity contribution in [3.05, 3.63) is 35.6 Å². The number of amides is 1. The first-order valence-corrected chi connectivity index (χ1v) is 4.69. The molecule has 82 valence electrons. The summed E-state index contributed by atoms with van der Waals surface area (Å²) in [5.41, 5.74) is 0.444. The van der Waals surface area contributed by atoms with Gasteiger partial charge in [0.2, 0.25) is 0 Å². The summed E-state index contributed by atoms with van der Waals surface area (Å²) >= 11 is 0. The maximum atomic E-state index is 12.6. The van der Waals surface area contributed by atoms with Gasteiger partial charge in [0.25, 0.3) is 5.91 Å². The van der Waals surface area contributed by atoms with Crippen LogP contribution >= 0.6 is 0 Å². The largest absolute Gasteiger partial charge is 0.383 e. The van der Waals surface area contributed by atoms with Crippen molar-refractivity contribution in [2.24, 2.45) is 0 Å². The van der Waals surface area contributed by atoms with Crippen LogP contribution in [0.2, 0.25) is 0 Å². The Morgan fingerprint density at radius 1 is 1.47 bits per heavy atom. The van der Waals surface area contributed by atoms with Crippen LogP contribution in [-0.2, 0) is 4.74 Å². The molecule has 0 aliphatic carbocycles. The molecule has 0 aromatic heterocycles. The number of nitrogens with one attached hydrogen (secondary N) is 1. The van der Waals surface area contributed by atoms with Gasteiger partial charge in [-0.15, -0.1) is 0 Å². The van der Waals surface area contributed by atoms with Gasteiger partial charge in [-0.25, -0.2) is 4.39 Å². The SMILES string of the molecule is COC[C@H](C)NC(=O)c1ccc(F)cc1. The number of ether oxygens (including phenoxy) is 1. The van der Waals surface area contributed by atoms with E-state index < -0.39 is 0 Å². The first-order valence-electron chi connectivity index (χ1n) is 4.69. The van der Waals surface area contributed by atoms with Gasteiger partial charge in [-0.05, 0) is 31.2 Å². The van der Waals surface area contributed by atoms with Gasteiger partial charge < -0.3 is 10.1 Å². The Bertz CT molecular complexity index is 324. The smallest absolute Gasteiger partial charge is 0.251 e. The summed E-state index contributed by atoms with van der Waals surface area (Å²) in [6.07, 6.45) is 0. The lowest BCUT2D eigenvalue weighted by Crippen LogP contribution is -2.35. The molecule has 1 aromatic carbocycles. The van der Waals surface area contributed by atoms with Crippen LogP contribution in [-0.4, -0.2) is 25.7 Å². The lowest BCUT2D eigenvalue weighted by molar-refractivity contribution is 0.0905. The van der Waals surface area contributed by atoms with Crippen molar-refractivity contribution in [1.82, 2.24) is 5.32 Å². The number of halogens is 1. The number of benzene rings is 1. The minimum Gasteiger partial charge on any atom is -0.383 e. The maximum Gasteiger partial charge on any atom is 0.251 e. The van der Waals surface area contributed by atoms with Crippen molar-refractivity contribution in [3.63, 3.8) is 0 Å². The molecule has 0 spiro atoms. The van der Waals surface area contributed by atoms with Crippen LogP contribution in [0.15, 0.2) is 24.3 Å². The number of hydrogen-bond donors (Lipinski definition) is 1. The second-order valence-corrected chi connectivity index (χ2v) is 3.34. The van der Waals surface area contributed by atoms with Gasteiger partial charge in [-0.2, -0.15) is 0 Å². The van der Waals surface area contributed by atoms with E-state index in [1.165, 1.54) is 24.3 Å². The molecule has 4 heteroatoms. The molecule has 0 saturated heterocycles.